The molecule has 1 N–H and O–H groups in total. The first-order valence-corrected chi connectivity index (χ1v) is 10.4. The lowest BCUT2D eigenvalue weighted by atomic mass is 10.2. The molecule has 1 amide bonds. The van der Waals surface area contributed by atoms with Crippen molar-refractivity contribution in [3.8, 4) is 5.75 Å². The fourth-order valence-corrected chi connectivity index (χ4v) is 4.60. The lowest BCUT2D eigenvalue weighted by Gasteiger charge is -2.18. The molecule has 0 bridgehead atoms. The number of amides is 1. The lowest BCUT2D eigenvalue weighted by Crippen LogP contribution is -2.36. The number of carbonyl (C=O) groups excluding carboxylic acids is 1. The average molecular weight is 399 g/mol. The van der Waals surface area contributed by atoms with Crippen molar-refractivity contribution >= 4 is 21.6 Å². The maximum absolute atomic E-state index is 12.5. The summed E-state index contributed by atoms with van der Waals surface area (Å²) in [7, 11) is -3.83. The number of benzene rings is 1. The predicted octanol–water partition coefficient (Wildman–Crippen LogP) is 2.06. The molecule has 1 saturated carbocycles. The van der Waals surface area contributed by atoms with E-state index in [2.05, 4.69) is 5.32 Å². The van der Waals surface area contributed by atoms with Gasteiger partial charge in [-0.25, -0.2) is 8.42 Å². The molecule has 9 nitrogen and oxygen atoms in total. The molecule has 10 heteroatoms. The van der Waals surface area contributed by atoms with Crippen molar-refractivity contribution in [3.05, 3.63) is 28.3 Å². The van der Waals surface area contributed by atoms with Crippen LogP contribution in [0.5, 0.6) is 5.75 Å². The second kappa shape index (κ2) is 9.14. The maximum atomic E-state index is 12.5. The molecule has 27 heavy (non-hydrogen) atoms. The van der Waals surface area contributed by atoms with E-state index in [0.29, 0.717) is 0 Å². The van der Waals surface area contributed by atoms with Crippen LogP contribution in [0.1, 0.15) is 39.5 Å². The van der Waals surface area contributed by atoms with Crippen molar-refractivity contribution in [3.63, 3.8) is 0 Å². The van der Waals surface area contributed by atoms with Gasteiger partial charge in [0.25, 0.3) is 5.91 Å². The predicted molar refractivity (Wildman–Crippen MR) is 99.1 cm³/mol. The van der Waals surface area contributed by atoms with Crippen LogP contribution in [-0.2, 0) is 14.8 Å². The van der Waals surface area contributed by atoms with E-state index in [-0.39, 0.29) is 42.3 Å². The summed E-state index contributed by atoms with van der Waals surface area (Å²) in [4.78, 5) is 22.4. The van der Waals surface area contributed by atoms with Crippen LogP contribution in [0.25, 0.3) is 0 Å². The van der Waals surface area contributed by atoms with Gasteiger partial charge in [-0.1, -0.05) is 26.7 Å². The van der Waals surface area contributed by atoms with Gasteiger partial charge in [0.2, 0.25) is 10.0 Å². The van der Waals surface area contributed by atoms with Gasteiger partial charge in [-0.15, -0.1) is 0 Å². The molecule has 1 aromatic rings. The van der Waals surface area contributed by atoms with Crippen LogP contribution in [-0.4, -0.2) is 49.3 Å². The number of hydrogen-bond donors (Lipinski definition) is 1. The highest BCUT2D eigenvalue weighted by atomic mass is 32.2. The van der Waals surface area contributed by atoms with Crippen LogP contribution in [0.4, 0.5) is 5.69 Å². The first-order chi connectivity index (χ1) is 12.8. The summed E-state index contributed by atoms with van der Waals surface area (Å²) < 4.78 is 31.6. The van der Waals surface area contributed by atoms with Crippen molar-refractivity contribution in [2.75, 3.05) is 19.7 Å². The van der Waals surface area contributed by atoms with Crippen LogP contribution in [0.3, 0.4) is 0 Å². The van der Waals surface area contributed by atoms with E-state index >= 15 is 0 Å². The van der Waals surface area contributed by atoms with Gasteiger partial charge in [0, 0.05) is 25.2 Å². The molecule has 0 spiro atoms. The Balaban J connectivity index is 2.15. The van der Waals surface area contributed by atoms with Crippen molar-refractivity contribution in [1.29, 1.82) is 0 Å². The third kappa shape index (κ3) is 5.16. The minimum Gasteiger partial charge on any atom is -0.477 e. The Kier molecular flexibility index (Phi) is 7.14. The minimum atomic E-state index is -3.83. The summed E-state index contributed by atoms with van der Waals surface area (Å²) in [5.74, 6) is -0.490. The number of carbonyl (C=O) groups is 1. The zero-order valence-corrected chi connectivity index (χ0v) is 16.3. The molecule has 0 atom stereocenters. The Labute approximate surface area is 158 Å². The maximum Gasteiger partial charge on any atom is 0.312 e. The summed E-state index contributed by atoms with van der Waals surface area (Å²) in [6.07, 6.45) is 3.98. The molecule has 0 heterocycles. The number of rotatable bonds is 9. The quantitative estimate of drug-likeness (QED) is 0.501. The number of nitro benzene ring substituents is 1. The van der Waals surface area contributed by atoms with Gasteiger partial charge < -0.3 is 10.1 Å². The molecule has 0 saturated heterocycles. The summed E-state index contributed by atoms with van der Waals surface area (Å²) >= 11 is 0. The Bertz CT molecular complexity index is 786. The van der Waals surface area contributed by atoms with E-state index in [1.54, 1.807) is 13.8 Å². The number of hydrogen-bond acceptors (Lipinski definition) is 6. The van der Waals surface area contributed by atoms with Crippen molar-refractivity contribution in [1.82, 2.24) is 9.62 Å². The normalized spacial score (nSPS) is 15.1. The molecule has 0 unspecified atom stereocenters. The van der Waals surface area contributed by atoms with Gasteiger partial charge >= 0.3 is 5.69 Å². The highest BCUT2D eigenvalue weighted by Crippen LogP contribution is 2.31. The summed E-state index contributed by atoms with van der Waals surface area (Å²) in [6.45, 7) is 3.53. The van der Waals surface area contributed by atoms with Gasteiger partial charge in [0.15, 0.2) is 12.4 Å². The van der Waals surface area contributed by atoms with Crippen molar-refractivity contribution in [2.45, 2.75) is 50.5 Å². The third-order valence-corrected chi connectivity index (χ3v) is 6.60. The fourth-order valence-electron chi connectivity index (χ4n) is 3.12. The molecule has 1 aliphatic rings. The highest BCUT2D eigenvalue weighted by Gasteiger charge is 2.26. The number of nitrogens with zero attached hydrogens (tertiary/aromatic N) is 2. The standard InChI is InChI=1S/C17H25N3O6S/c1-3-19(4-2)27(24,25)14-9-10-16(15(11-14)20(22)23)26-12-17(21)18-13-7-5-6-8-13/h9-11,13H,3-8,12H2,1-2H3,(H,18,21). The second-order valence-electron chi connectivity index (χ2n) is 6.31. The monoisotopic (exact) mass is 399 g/mol. The van der Waals surface area contributed by atoms with E-state index in [9.17, 15) is 23.3 Å². The molecule has 0 radical (unpaired) electrons. The minimum absolute atomic E-state index is 0.123. The van der Waals surface area contributed by atoms with Gasteiger partial charge in [-0.3, -0.25) is 14.9 Å². The van der Waals surface area contributed by atoms with Crippen molar-refractivity contribution < 1.29 is 22.9 Å². The molecule has 2 rings (SSSR count). The van der Waals surface area contributed by atoms with Gasteiger partial charge in [-0.05, 0) is 25.0 Å². The number of sulfonamides is 1. The van der Waals surface area contributed by atoms with Crippen molar-refractivity contribution in [2.24, 2.45) is 0 Å². The molecular formula is C17H25N3O6S. The zero-order valence-electron chi connectivity index (χ0n) is 15.5. The molecule has 1 fully saturated rings. The summed E-state index contributed by atoms with van der Waals surface area (Å²) in [5.41, 5.74) is -0.489. The number of nitrogens with one attached hydrogen (secondary N) is 1. The Hall–Kier alpha value is -2.20. The number of ether oxygens (including phenoxy) is 1. The van der Waals surface area contributed by atoms with Crippen LogP contribution in [0.15, 0.2) is 23.1 Å². The third-order valence-electron chi connectivity index (χ3n) is 4.55. The molecular weight excluding hydrogens is 374 g/mol. The van der Waals surface area contributed by atoms with Crippen LogP contribution < -0.4 is 10.1 Å². The molecule has 0 aromatic heterocycles. The van der Waals surface area contributed by atoms with E-state index in [0.717, 1.165) is 31.7 Å². The Morgan fingerprint density at radius 3 is 2.48 bits per heavy atom. The van der Waals surface area contributed by atoms with E-state index in [1.165, 1.54) is 16.4 Å². The van der Waals surface area contributed by atoms with Crippen LogP contribution >= 0.6 is 0 Å². The van der Waals surface area contributed by atoms with Gasteiger partial charge in [0.05, 0.1) is 9.82 Å². The Morgan fingerprint density at radius 1 is 1.30 bits per heavy atom. The van der Waals surface area contributed by atoms with Gasteiger partial charge in [0.1, 0.15) is 0 Å². The number of nitro groups is 1. The van der Waals surface area contributed by atoms with E-state index in [4.69, 9.17) is 4.74 Å². The van der Waals surface area contributed by atoms with E-state index in [1.807, 2.05) is 0 Å². The van der Waals surface area contributed by atoms with E-state index < -0.39 is 20.6 Å². The summed E-state index contributed by atoms with van der Waals surface area (Å²) in [5, 5.41) is 14.2. The van der Waals surface area contributed by atoms with Crippen LogP contribution in [0.2, 0.25) is 0 Å². The zero-order chi connectivity index (χ0) is 20.0. The van der Waals surface area contributed by atoms with Gasteiger partial charge in [-0.2, -0.15) is 4.31 Å². The second-order valence-corrected chi connectivity index (χ2v) is 8.25. The first-order valence-electron chi connectivity index (χ1n) is 9.00. The topological polar surface area (TPSA) is 119 Å². The smallest absolute Gasteiger partial charge is 0.312 e. The highest BCUT2D eigenvalue weighted by molar-refractivity contribution is 7.89. The fraction of sp³-hybridized carbons (Fsp3) is 0.588. The molecule has 150 valence electrons. The molecule has 0 aliphatic heterocycles. The Morgan fingerprint density at radius 2 is 1.93 bits per heavy atom. The molecule has 1 aliphatic carbocycles. The average Bonchev–Trinajstić information content (AvgIpc) is 3.13. The largest absolute Gasteiger partial charge is 0.477 e. The first kappa shape index (κ1) is 21.1. The SMILES string of the molecule is CCN(CC)S(=O)(=O)c1ccc(OCC(=O)NC2CCCC2)c([N+](=O)[O-])c1. The molecule has 1 aromatic carbocycles. The summed E-state index contributed by atoms with van der Waals surface area (Å²) in [6, 6.07) is 3.57. The lowest BCUT2D eigenvalue weighted by molar-refractivity contribution is -0.386. The van der Waals surface area contributed by atoms with Crippen LogP contribution in [0, 0.1) is 10.1 Å².